The van der Waals surface area contributed by atoms with E-state index in [1.54, 1.807) is 0 Å². The maximum atomic E-state index is 6.18. The topological polar surface area (TPSA) is 28.2 Å². The summed E-state index contributed by atoms with van der Waals surface area (Å²) >= 11 is 5.64. The number of benzene rings is 24. The molecular weight excluding hydrogens is 1820 g/mol. The lowest BCUT2D eigenvalue weighted by Gasteiger charge is -2.40. The highest BCUT2D eigenvalue weighted by Gasteiger charge is 2.47. The first-order valence-corrected chi connectivity index (χ1v) is 53.6. The van der Waals surface area contributed by atoms with Crippen LogP contribution < -0.4 is 44.9 Å². The Hall–Kier alpha value is -16.9. The summed E-state index contributed by atoms with van der Waals surface area (Å²) in [5, 5.41) is 20.8. The second kappa shape index (κ2) is 37.0. The van der Waals surface area contributed by atoms with Crippen LogP contribution in [0.1, 0.15) is 25.0 Å². The number of para-hydroxylation sites is 4. The highest BCUT2D eigenvalue weighted by Crippen LogP contribution is 2.55. The fourth-order valence-electron chi connectivity index (χ4n) is 22.2. The lowest BCUT2D eigenvalue weighted by Crippen LogP contribution is -2.76. The number of fused-ring (bicyclic) bond motifs is 19. The third-order valence-corrected chi connectivity index (χ3v) is 37.9. The minimum atomic E-state index is -2.66. The Morgan fingerprint density at radius 1 is 0.194 bits per heavy atom. The lowest BCUT2D eigenvalue weighted by atomic mass is 9.82. The summed E-state index contributed by atoms with van der Waals surface area (Å²) in [6, 6.07) is 192. The summed E-state index contributed by atoms with van der Waals surface area (Å²) in [5.74, 6) is 2.91. The van der Waals surface area contributed by atoms with Gasteiger partial charge in [-0.2, -0.15) is 0 Å². The molecule has 0 radical (unpaired) electrons. The highest BCUT2D eigenvalue weighted by atomic mass is 32.2. The van der Waals surface area contributed by atoms with Gasteiger partial charge in [0.1, 0.15) is 0 Å². The zero-order valence-electron chi connectivity index (χ0n) is 79.1. The molecule has 682 valence electrons. The molecule has 0 saturated carbocycles. The smallest absolute Gasteiger partial charge is 0.181 e. The first-order chi connectivity index (χ1) is 71.1. The molecule has 0 amide bonds. The van der Waals surface area contributed by atoms with Crippen molar-refractivity contribution in [2.45, 2.75) is 48.6 Å². The third-order valence-electron chi connectivity index (χ3n) is 29.0. The molecule has 0 N–H and O–H groups in total. The van der Waals surface area contributed by atoms with Gasteiger partial charge in [-0.15, -0.1) is 0 Å². The Kier molecular flexibility index (Phi) is 22.4. The van der Waals surface area contributed by atoms with Crippen LogP contribution in [0.4, 0.5) is 51.2 Å². The number of rotatable bonds is 14. The van der Waals surface area contributed by atoms with Crippen LogP contribution in [0.5, 0.6) is 23.0 Å². The fourth-order valence-corrected chi connectivity index (χ4v) is 31.4. The minimum absolute atomic E-state index is 0.0977. The van der Waals surface area contributed by atoms with Crippen molar-refractivity contribution in [1.82, 2.24) is 0 Å². The highest BCUT2D eigenvalue weighted by molar-refractivity contribution is 8.05. The third kappa shape index (κ3) is 15.6. The molecule has 0 spiro atoms. The van der Waals surface area contributed by atoms with Gasteiger partial charge >= 0.3 is 0 Å². The zero-order valence-corrected chi connectivity index (χ0v) is 82.6. The molecule has 28 rings (SSSR count). The van der Waals surface area contributed by atoms with Gasteiger partial charge < -0.3 is 24.2 Å². The van der Waals surface area contributed by atoms with Crippen LogP contribution in [-0.4, -0.2) is 8.07 Å². The van der Waals surface area contributed by atoms with Gasteiger partial charge in [-0.25, -0.2) is 0 Å². The fraction of sp³-hybridized carbons (Fsp3) is 0.0222. The van der Waals surface area contributed by atoms with E-state index < -0.39 is 8.07 Å². The largest absolute Gasteiger partial charge is 0.450 e. The Balaban J connectivity index is 0.000000112. The van der Waals surface area contributed by atoms with E-state index in [2.05, 4.69) is 520 Å². The van der Waals surface area contributed by atoms with Crippen LogP contribution in [0.3, 0.4) is 0 Å². The Morgan fingerprint density at radius 3 is 1.21 bits per heavy atom. The molecule has 24 aromatic rings. The van der Waals surface area contributed by atoms with Crippen molar-refractivity contribution < 1.29 is 9.47 Å². The van der Waals surface area contributed by atoms with Crippen molar-refractivity contribution in [3.05, 3.63) is 539 Å². The van der Waals surface area contributed by atoms with Crippen LogP contribution in [0.25, 0.3) is 109 Å². The number of ether oxygens (including phenoxy) is 2. The average Bonchev–Trinajstić information content (AvgIpc) is 0.939. The summed E-state index contributed by atoms with van der Waals surface area (Å²) in [6.07, 6.45) is 0. The van der Waals surface area contributed by atoms with Gasteiger partial charge in [0.05, 0.1) is 11.4 Å². The van der Waals surface area contributed by atoms with Gasteiger partial charge in [0, 0.05) is 85.4 Å². The molecule has 0 atom stereocenters. The second-order valence-electron chi connectivity index (χ2n) is 37.6. The molecule has 24 aromatic carbocycles. The second-order valence-corrected chi connectivity index (χ2v) is 44.6. The molecule has 0 saturated heterocycles. The van der Waals surface area contributed by atoms with Crippen LogP contribution in [0.15, 0.2) is 557 Å². The van der Waals surface area contributed by atoms with Crippen molar-refractivity contribution in [2.75, 3.05) is 14.7 Å². The Morgan fingerprint density at radius 2 is 0.576 bits per heavy atom. The van der Waals surface area contributed by atoms with Gasteiger partial charge in [-0.05, 0) is 288 Å². The van der Waals surface area contributed by atoms with E-state index >= 15 is 0 Å². The van der Waals surface area contributed by atoms with Crippen molar-refractivity contribution in [2.24, 2.45) is 0 Å². The predicted octanol–water partition coefficient (Wildman–Crippen LogP) is 36.1. The first-order valence-electron chi connectivity index (χ1n) is 49.1. The normalized spacial score (nSPS) is 12.9. The quantitative estimate of drug-likeness (QED) is 0.0786. The van der Waals surface area contributed by atoms with Crippen LogP contribution in [0, 0.1) is 0 Å². The van der Waals surface area contributed by atoms with E-state index in [0.717, 1.165) is 73.9 Å². The molecule has 3 aliphatic heterocycles. The van der Waals surface area contributed by atoms with Crippen LogP contribution in [0.2, 0.25) is 0 Å². The standard InChI is InChI=1S/C55H41NSSi.C42H27NO2.C38H25NS2/c1-55(2)48-24-12-11-23-46(48)47-34-33-42(37-49(47)55)56(50-25-15-17-39-16-9-10-22-45(39)50)41-31-28-38(29-32-41)40-30-35-52-54(36-40)58(43-18-5-3-6-19-43,44-20-7-4-8-21-44)53-27-14-13-26-51(53)57-52;1-2-10-30(11-3-1)43(32-23-24-37-35-14-5-4-12-33(35)34-13-6-7-15-36(34)38(37)27-32)31-21-18-28(19-22-31)29-20-25-41-42(26-29)45-40-17-9-8-16-39(40)44-41;1-2-11-29(12-3-1)39(34-24-28-10-4-5-13-31(28)32-14-6-7-15-33(32)34)30-21-18-26(19-22-30)27-20-23-37-38(25-27)41-36-17-9-8-16-35(36)40-37/h3-37H,1-2H3;1-27H;1-25H. The maximum Gasteiger partial charge on any atom is 0.181 e. The minimum Gasteiger partial charge on any atom is -0.450 e. The molecule has 1 aliphatic carbocycles. The van der Waals surface area contributed by atoms with Crippen molar-refractivity contribution in [3.63, 3.8) is 0 Å². The number of nitrogens with zero attached hydrogens (tertiary/aromatic N) is 3. The summed E-state index contributed by atoms with van der Waals surface area (Å²) in [7, 11) is -2.66. The number of hydrogen-bond donors (Lipinski definition) is 0. The van der Waals surface area contributed by atoms with Gasteiger partial charge in [-0.3, -0.25) is 0 Å². The van der Waals surface area contributed by atoms with Gasteiger partial charge in [0.2, 0.25) is 0 Å². The molecule has 0 aromatic heterocycles. The van der Waals surface area contributed by atoms with Gasteiger partial charge in [0.25, 0.3) is 0 Å². The molecule has 4 aliphatic rings. The molecular formula is C135H93N3O2S3Si. The molecule has 0 bridgehead atoms. The first kappa shape index (κ1) is 87.4. The Labute approximate surface area is 852 Å². The van der Waals surface area contributed by atoms with Gasteiger partial charge in [0.15, 0.2) is 31.1 Å². The Bertz CT molecular complexity index is 9020. The monoisotopic (exact) mass is 1910 g/mol. The van der Waals surface area contributed by atoms with E-state index in [0.29, 0.717) is 0 Å². The van der Waals surface area contributed by atoms with Gasteiger partial charge in [-0.1, -0.05) is 419 Å². The number of hydrogen-bond acceptors (Lipinski definition) is 8. The van der Waals surface area contributed by atoms with Crippen molar-refractivity contribution >= 4 is 180 Å². The molecule has 0 unspecified atom stereocenters. The van der Waals surface area contributed by atoms with Crippen LogP contribution in [-0.2, 0) is 5.41 Å². The average molecular weight is 1910 g/mol. The number of anilines is 9. The molecule has 144 heavy (non-hydrogen) atoms. The molecule has 9 heteroatoms. The van der Waals surface area contributed by atoms with Crippen LogP contribution >= 0.6 is 35.3 Å². The summed E-state index contributed by atoms with van der Waals surface area (Å²) in [4.78, 5) is 15.2. The molecule has 5 nitrogen and oxygen atoms in total. The van der Waals surface area contributed by atoms with E-state index in [1.165, 1.54) is 171 Å². The maximum absolute atomic E-state index is 6.18. The lowest BCUT2D eigenvalue weighted by molar-refractivity contribution is 0.360. The SMILES string of the molecule is CC1(C)c2ccccc2-c2ccc(N(c3ccc(-c4ccc5c(c4)[Si](c4ccccc4)(c4ccccc4)c4ccccc4S5)cc3)c3cccc4ccccc34)cc21.c1ccc(N(c2ccc(-c3ccc4c(c3)Oc3ccccc3O4)cc2)c2ccc3c4ccccc4c4ccccc4c3c2)cc1.c1ccc(N(c2ccc(-c3ccc4c(c3)Sc3ccccc3S4)cc2)c2cc3ccccc3c3ccccc23)cc1. The summed E-state index contributed by atoms with van der Waals surface area (Å²) in [6.45, 7) is 4.72. The van der Waals surface area contributed by atoms with E-state index in [1.807, 2.05) is 71.7 Å². The molecule has 0 fully saturated rings. The van der Waals surface area contributed by atoms with Crippen molar-refractivity contribution in [3.8, 4) is 67.5 Å². The summed E-state index contributed by atoms with van der Waals surface area (Å²) in [5.41, 5.74) is 22.6. The predicted molar refractivity (Wildman–Crippen MR) is 611 cm³/mol. The van der Waals surface area contributed by atoms with Crippen molar-refractivity contribution in [1.29, 1.82) is 0 Å². The molecule has 3 heterocycles. The van der Waals surface area contributed by atoms with E-state index in [9.17, 15) is 0 Å². The zero-order chi connectivity index (χ0) is 95.8. The van der Waals surface area contributed by atoms with E-state index in [-0.39, 0.29) is 5.41 Å². The summed E-state index contributed by atoms with van der Waals surface area (Å²) < 4.78 is 12.2. The van der Waals surface area contributed by atoms with E-state index in [4.69, 9.17) is 9.47 Å².